The molecule has 2 amide bonds. The van der Waals surface area contributed by atoms with Crippen LogP contribution in [0.4, 0.5) is 10.5 Å². The number of hydrogen-bond donors (Lipinski definition) is 0. The predicted molar refractivity (Wildman–Crippen MR) is 99.7 cm³/mol. The van der Waals surface area contributed by atoms with Gasteiger partial charge < -0.3 is 9.32 Å². The number of likely N-dealkylation sites (tertiary alicyclic amines) is 1. The number of nitrogens with zero attached hydrogens (tertiary/aromatic N) is 6. The van der Waals surface area contributed by atoms with Crippen LogP contribution < -0.4 is 4.90 Å². The molecule has 2 saturated heterocycles. The van der Waals surface area contributed by atoms with E-state index in [4.69, 9.17) is 9.40 Å². The fourth-order valence-electron chi connectivity index (χ4n) is 4.39. The van der Waals surface area contributed by atoms with Crippen LogP contribution in [0.15, 0.2) is 16.8 Å². The summed E-state index contributed by atoms with van der Waals surface area (Å²) in [5.74, 6) is 1.96. The Morgan fingerprint density at radius 2 is 2.11 bits per heavy atom. The molecule has 2 aromatic heterocycles. The number of amides is 2. The zero-order chi connectivity index (χ0) is 18.4. The molecule has 1 unspecified atom stereocenters. The molecular formula is C19H26N6O2. The van der Waals surface area contributed by atoms with Gasteiger partial charge in [0.1, 0.15) is 5.76 Å². The standard InChI is InChI=1S/C19H26N6O2/c1-22-8-9-24(19(22)26)15-10-20-25(12-15)14-6-7-23(11-14)13-18-21-16-4-2-3-5-17(16)27-18/h10,12,14H,2-9,11,13H2,1H3. The molecule has 0 N–H and O–H groups in total. The van der Waals surface area contributed by atoms with Crippen molar-refractivity contribution >= 4 is 11.7 Å². The van der Waals surface area contributed by atoms with Crippen LogP contribution in [0.2, 0.25) is 0 Å². The SMILES string of the molecule is CN1CCN(c2cnn(C3CCN(Cc4nc5c(o4)CCCC5)C3)c2)C1=O. The molecule has 5 rings (SSSR count). The Kier molecular flexibility index (Phi) is 4.15. The van der Waals surface area contributed by atoms with Crippen molar-refractivity contribution in [2.24, 2.45) is 0 Å². The number of aromatic nitrogens is 3. The Bertz CT molecular complexity index is 820. The maximum Gasteiger partial charge on any atom is 0.324 e. The predicted octanol–water partition coefficient (Wildman–Crippen LogP) is 2.07. The third-order valence-electron chi connectivity index (χ3n) is 5.99. The smallest absolute Gasteiger partial charge is 0.324 e. The van der Waals surface area contributed by atoms with E-state index in [1.54, 1.807) is 9.80 Å². The maximum atomic E-state index is 12.2. The van der Waals surface area contributed by atoms with Gasteiger partial charge in [-0.25, -0.2) is 9.78 Å². The van der Waals surface area contributed by atoms with Crippen molar-refractivity contribution in [2.45, 2.75) is 44.7 Å². The Morgan fingerprint density at radius 1 is 1.22 bits per heavy atom. The van der Waals surface area contributed by atoms with Crippen LogP contribution >= 0.6 is 0 Å². The van der Waals surface area contributed by atoms with Gasteiger partial charge in [-0.3, -0.25) is 14.5 Å². The highest BCUT2D eigenvalue weighted by Gasteiger charge is 2.30. The molecule has 0 spiro atoms. The zero-order valence-electron chi connectivity index (χ0n) is 15.8. The molecule has 3 aliphatic rings. The van der Waals surface area contributed by atoms with E-state index < -0.39 is 0 Å². The highest BCUT2D eigenvalue weighted by molar-refractivity contribution is 5.93. The van der Waals surface area contributed by atoms with Gasteiger partial charge in [-0.05, 0) is 25.7 Å². The lowest BCUT2D eigenvalue weighted by molar-refractivity contribution is 0.229. The Balaban J connectivity index is 1.22. The van der Waals surface area contributed by atoms with Gasteiger partial charge in [0, 0.05) is 45.8 Å². The summed E-state index contributed by atoms with van der Waals surface area (Å²) in [6, 6.07) is 0.384. The van der Waals surface area contributed by atoms with E-state index >= 15 is 0 Å². The summed E-state index contributed by atoms with van der Waals surface area (Å²) in [5.41, 5.74) is 2.06. The van der Waals surface area contributed by atoms with E-state index in [-0.39, 0.29) is 6.03 Å². The number of hydrogen-bond acceptors (Lipinski definition) is 5. The summed E-state index contributed by atoms with van der Waals surface area (Å²) in [7, 11) is 1.84. The number of rotatable bonds is 4. The first-order chi connectivity index (χ1) is 13.2. The van der Waals surface area contributed by atoms with Crippen molar-refractivity contribution in [3.63, 3.8) is 0 Å². The van der Waals surface area contributed by atoms with Crippen molar-refractivity contribution in [3.8, 4) is 0 Å². The van der Waals surface area contributed by atoms with E-state index in [0.717, 1.165) is 69.3 Å². The second-order valence-corrected chi connectivity index (χ2v) is 7.90. The maximum absolute atomic E-state index is 12.2. The van der Waals surface area contributed by atoms with Gasteiger partial charge in [0.2, 0.25) is 5.89 Å². The summed E-state index contributed by atoms with van der Waals surface area (Å²) >= 11 is 0. The molecule has 2 aliphatic heterocycles. The molecule has 2 fully saturated rings. The van der Waals surface area contributed by atoms with Crippen LogP contribution in [0, 0.1) is 0 Å². The number of fused-ring (bicyclic) bond motifs is 1. The van der Waals surface area contributed by atoms with Crippen LogP contribution in [-0.4, -0.2) is 63.8 Å². The average Bonchev–Trinajstić information content (AvgIpc) is 3.43. The van der Waals surface area contributed by atoms with Crippen molar-refractivity contribution < 1.29 is 9.21 Å². The summed E-state index contributed by atoms with van der Waals surface area (Å²) in [6.07, 6.45) is 9.39. The van der Waals surface area contributed by atoms with Gasteiger partial charge in [0.25, 0.3) is 0 Å². The van der Waals surface area contributed by atoms with Crippen LogP contribution in [0.1, 0.15) is 42.6 Å². The first-order valence-corrected chi connectivity index (χ1v) is 9.94. The van der Waals surface area contributed by atoms with E-state index in [2.05, 4.69) is 10.00 Å². The number of anilines is 1. The van der Waals surface area contributed by atoms with Crippen LogP contribution in [-0.2, 0) is 19.4 Å². The van der Waals surface area contributed by atoms with Gasteiger partial charge in [-0.2, -0.15) is 5.10 Å². The van der Waals surface area contributed by atoms with Crippen LogP contribution in [0.3, 0.4) is 0 Å². The molecule has 4 heterocycles. The van der Waals surface area contributed by atoms with Gasteiger partial charge in [0.05, 0.1) is 30.2 Å². The second kappa shape index (κ2) is 6.67. The van der Waals surface area contributed by atoms with Gasteiger partial charge in [-0.15, -0.1) is 0 Å². The van der Waals surface area contributed by atoms with E-state index in [9.17, 15) is 4.79 Å². The quantitative estimate of drug-likeness (QED) is 0.824. The molecule has 1 aliphatic carbocycles. The Morgan fingerprint density at radius 3 is 2.93 bits per heavy atom. The molecular weight excluding hydrogens is 344 g/mol. The van der Waals surface area contributed by atoms with E-state index in [1.807, 2.05) is 24.1 Å². The minimum atomic E-state index is 0.0514. The Hall–Kier alpha value is -2.35. The first-order valence-electron chi connectivity index (χ1n) is 9.94. The highest BCUT2D eigenvalue weighted by Crippen LogP contribution is 2.27. The third-order valence-corrected chi connectivity index (χ3v) is 5.99. The van der Waals surface area contributed by atoms with Gasteiger partial charge in [0.15, 0.2) is 0 Å². The average molecular weight is 370 g/mol. The molecule has 8 heteroatoms. The minimum Gasteiger partial charge on any atom is -0.444 e. The van der Waals surface area contributed by atoms with Crippen LogP contribution in [0.25, 0.3) is 0 Å². The monoisotopic (exact) mass is 370 g/mol. The minimum absolute atomic E-state index is 0.0514. The molecule has 0 bridgehead atoms. The fraction of sp³-hybridized carbons (Fsp3) is 0.632. The Labute approximate surface area is 158 Å². The first kappa shape index (κ1) is 16.8. The third kappa shape index (κ3) is 3.12. The topological polar surface area (TPSA) is 70.6 Å². The van der Waals surface area contributed by atoms with Crippen LogP contribution in [0.5, 0.6) is 0 Å². The van der Waals surface area contributed by atoms with Gasteiger partial charge in [-0.1, -0.05) is 0 Å². The largest absolute Gasteiger partial charge is 0.444 e. The lowest BCUT2D eigenvalue weighted by Gasteiger charge is -2.15. The normalized spacial score (nSPS) is 23.4. The molecule has 2 aromatic rings. The molecule has 0 aromatic carbocycles. The molecule has 8 nitrogen and oxygen atoms in total. The van der Waals surface area contributed by atoms with Gasteiger partial charge >= 0.3 is 6.03 Å². The number of carbonyl (C=O) groups is 1. The summed E-state index contributed by atoms with van der Waals surface area (Å²) in [4.78, 5) is 22.8. The molecule has 1 atom stereocenters. The number of oxazole rings is 1. The lowest BCUT2D eigenvalue weighted by Crippen LogP contribution is -2.28. The summed E-state index contributed by atoms with van der Waals surface area (Å²) in [5, 5.41) is 4.54. The zero-order valence-corrected chi connectivity index (χ0v) is 15.8. The number of urea groups is 1. The summed E-state index contributed by atoms with van der Waals surface area (Å²) in [6.45, 7) is 4.21. The van der Waals surface area contributed by atoms with Crippen molar-refractivity contribution in [1.82, 2.24) is 24.6 Å². The second-order valence-electron chi connectivity index (χ2n) is 7.90. The molecule has 144 valence electrons. The fourth-order valence-corrected chi connectivity index (χ4v) is 4.39. The van der Waals surface area contributed by atoms with Crippen molar-refractivity contribution in [1.29, 1.82) is 0 Å². The highest BCUT2D eigenvalue weighted by atomic mass is 16.4. The lowest BCUT2D eigenvalue weighted by atomic mass is 10.0. The molecule has 0 saturated carbocycles. The van der Waals surface area contributed by atoms with E-state index in [1.165, 1.54) is 18.5 Å². The molecule has 27 heavy (non-hydrogen) atoms. The summed E-state index contributed by atoms with van der Waals surface area (Å²) < 4.78 is 7.99. The number of aryl methyl sites for hydroxylation is 2. The molecule has 0 radical (unpaired) electrons. The number of likely N-dealkylation sites (N-methyl/N-ethyl adjacent to an activating group) is 1. The van der Waals surface area contributed by atoms with E-state index in [0.29, 0.717) is 6.04 Å². The number of carbonyl (C=O) groups excluding carboxylic acids is 1. The van der Waals surface area contributed by atoms with Crippen molar-refractivity contribution in [3.05, 3.63) is 29.7 Å². The van der Waals surface area contributed by atoms with Crippen molar-refractivity contribution in [2.75, 3.05) is 38.1 Å².